The van der Waals surface area contributed by atoms with Crippen LogP contribution < -0.4 is 5.32 Å². The van der Waals surface area contributed by atoms with Crippen molar-refractivity contribution in [3.8, 4) is 0 Å². The molecule has 2 aromatic rings. The zero-order valence-corrected chi connectivity index (χ0v) is 14.9. The highest BCUT2D eigenvalue weighted by molar-refractivity contribution is 5.89. The number of carbonyl (C=O) groups excluding carboxylic acids is 1. The van der Waals surface area contributed by atoms with E-state index in [2.05, 4.69) is 36.1 Å². The van der Waals surface area contributed by atoms with Crippen LogP contribution in [0.15, 0.2) is 42.7 Å². The van der Waals surface area contributed by atoms with Crippen molar-refractivity contribution in [1.29, 1.82) is 0 Å². The summed E-state index contributed by atoms with van der Waals surface area (Å²) in [6.07, 6.45) is 3.21. The van der Waals surface area contributed by atoms with Gasteiger partial charge in [0.25, 0.3) is 0 Å². The molecule has 2 heterocycles. The molecule has 1 saturated heterocycles. The van der Waals surface area contributed by atoms with Crippen LogP contribution in [-0.2, 0) is 10.2 Å². The quantitative estimate of drug-likeness (QED) is 0.910. The Morgan fingerprint density at radius 1 is 1.20 bits per heavy atom. The minimum absolute atomic E-state index is 0.0970. The lowest BCUT2D eigenvalue weighted by Gasteiger charge is -2.33. The first-order valence-corrected chi connectivity index (χ1v) is 8.48. The second-order valence-electron chi connectivity index (χ2n) is 7.19. The normalized spacial score (nSPS) is 18.0. The number of rotatable bonds is 2. The molecule has 1 atom stereocenters. The van der Waals surface area contributed by atoms with Gasteiger partial charge in [0.15, 0.2) is 0 Å². The van der Waals surface area contributed by atoms with Crippen molar-refractivity contribution in [1.82, 2.24) is 14.9 Å². The summed E-state index contributed by atoms with van der Waals surface area (Å²) >= 11 is 0. The van der Waals surface area contributed by atoms with Crippen LogP contribution in [0.25, 0.3) is 0 Å². The number of carbonyl (C=O) groups is 1. The molecular weight excluding hydrogens is 316 g/mol. The van der Waals surface area contributed by atoms with Gasteiger partial charge >= 0.3 is 6.03 Å². The Morgan fingerprint density at radius 2 is 1.88 bits per heavy atom. The molecule has 6 heteroatoms. The molecular formula is C19H24N4O2. The SMILES string of the molecule is CC(C)(C)c1ncc(NC(=O)N2CCOC(c3ccccc3)C2)cn1. The Hall–Kier alpha value is -2.47. The third-order valence-electron chi connectivity index (χ3n) is 4.10. The second-order valence-corrected chi connectivity index (χ2v) is 7.19. The van der Waals surface area contributed by atoms with Crippen LogP contribution in [0.1, 0.15) is 38.3 Å². The molecule has 1 unspecified atom stereocenters. The molecule has 1 aromatic heterocycles. The smallest absolute Gasteiger partial charge is 0.322 e. The summed E-state index contributed by atoms with van der Waals surface area (Å²) < 4.78 is 5.80. The van der Waals surface area contributed by atoms with E-state index < -0.39 is 0 Å². The lowest BCUT2D eigenvalue weighted by atomic mass is 9.96. The topological polar surface area (TPSA) is 67.4 Å². The van der Waals surface area contributed by atoms with E-state index in [1.807, 2.05) is 30.3 Å². The van der Waals surface area contributed by atoms with Crippen molar-refractivity contribution >= 4 is 11.7 Å². The van der Waals surface area contributed by atoms with Crippen molar-refractivity contribution < 1.29 is 9.53 Å². The largest absolute Gasteiger partial charge is 0.370 e. The maximum Gasteiger partial charge on any atom is 0.322 e. The zero-order chi connectivity index (χ0) is 17.9. The Kier molecular flexibility index (Phi) is 4.99. The highest BCUT2D eigenvalue weighted by Crippen LogP contribution is 2.23. The van der Waals surface area contributed by atoms with Crippen LogP contribution in [0, 0.1) is 0 Å². The van der Waals surface area contributed by atoms with Gasteiger partial charge in [0.1, 0.15) is 11.9 Å². The summed E-state index contributed by atoms with van der Waals surface area (Å²) in [5.41, 5.74) is 1.56. The fourth-order valence-corrected chi connectivity index (χ4v) is 2.69. The molecule has 0 bridgehead atoms. The van der Waals surface area contributed by atoms with E-state index in [1.54, 1.807) is 17.3 Å². The number of benzene rings is 1. The molecule has 2 amide bonds. The molecule has 132 valence electrons. The van der Waals surface area contributed by atoms with Gasteiger partial charge in [-0.1, -0.05) is 51.1 Å². The van der Waals surface area contributed by atoms with Gasteiger partial charge in [-0.2, -0.15) is 0 Å². The first-order chi connectivity index (χ1) is 11.9. The number of hydrogen-bond acceptors (Lipinski definition) is 4. The van der Waals surface area contributed by atoms with Gasteiger partial charge in [0, 0.05) is 12.0 Å². The third kappa shape index (κ3) is 4.33. The molecule has 0 aliphatic carbocycles. The van der Waals surface area contributed by atoms with Crippen LogP contribution in [0.3, 0.4) is 0 Å². The lowest BCUT2D eigenvalue weighted by molar-refractivity contribution is -0.0135. The number of anilines is 1. The summed E-state index contributed by atoms with van der Waals surface area (Å²) in [5.74, 6) is 0.751. The Labute approximate surface area is 148 Å². The second kappa shape index (κ2) is 7.19. The molecule has 1 fully saturated rings. The number of hydrogen-bond donors (Lipinski definition) is 1. The Bertz CT molecular complexity index is 710. The number of aromatic nitrogens is 2. The highest BCUT2D eigenvalue weighted by atomic mass is 16.5. The minimum atomic E-state index is -0.156. The molecule has 1 aliphatic heterocycles. The van der Waals surface area contributed by atoms with Crippen LogP contribution in [0.5, 0.6) is 0 Å². The van der Waals surface area contributed by atoms with Gasteiger partial charge in [0.05, 0.1) is 31.2 Å². The zero-order valence-electron chi connectivity index (χ0n) is 14.9. The molecule has 1 aromatic carbocycles. The molecule has 6 nitrogen and oxygen atoms in total. The van der Waals surface area contributed by atoms with Crippen molar-refractivity contribution in [2.75, 3.05) is 25.0 Å². The number of morpholine rings is 1. The van der Waals surface area contributed by atoms with Crippen molar-refractivity contribution in [2.45, 2.75) is 32.3 Å². The van der Waals surface area contributed by atoms with E-state index in [9.17, 15) is 4.79 Å². The molecule has 0 saturated carbocycles. The Morgan fingerprint density at radius 3 is 2.52 bits per heavy atom. The molecule has 3 rings (SSSR count). The van der Waals surface area contributed by atoms with E-state index >= 15 is 0 Å². The molecule has 1 aliphatic rings. The standard InChI is InChI=1S/C19H24N4O2/c1-19(2,3)17-20-11-15(12-21-17)22-18(24)23-9-10-25-16(13-23)14-7-5-4-6-8-14/h4-8,11-12,16H,9-10,13H2,1-3H3,(H,22,24). The maximum absolute atomic E-state index is 12.5. The third-order valence-corrected chi connectivity index (χ3v) is 4.10. The molecule has 1 N–H and O–H groups in total. The van der Waals surface area contributed by atoms with Gasteiger partial charge in [-0.25, -0.2) is 14.8 Å². The van der Waals surface area contributed by atoms with Gasteiger partial charge in [-0.15, -0.1) is 0 Å². The van der Waals surface area contributed by atoms with Crippen molar-refractivity contribution in [3.05, 3.63) is 54.1 Å². The van der Waals surface area contributed by atoms with Crippen LogP contribution in [0.2, 0.25) is 0 Å². The summed E-state index contributed by atoms with van der Waals surface area (Å²) in [7, 11) is 0. The average Bonchev–Trinajstić information content (AvgIpc) is 2.62. The van der Waals surface area contributed by atoms with E-state index in [1.165, 1.54) is 0 Å². The highest BCUT2D eigenvalue weighted by Gasteiger charge is 2.25. The number of ether oxygens (including phenoxy) is 1. The van der Waals surface area contributed by atoms with Gasteiger partial charge in [-0.3, -0.25) is 0 Å². The predicted molar refractivity (Wildman–Crippen MR) is 96.5 cm³/mol. The number of urea groups is 1. The lowest BCUT2D eigenvalue weighted by Crippen LogP contribution is -2.44. The fraction of sp³-hybridized carbons (Fsp3) is 0.421. The number of nitrogens with zero attached hydrogens (tertiary/aromatic N) is 3. The van der Waals surface area contributed by atoms with E-state index in [0.717, 1.165) is 11.4 Å². The van der Waals surface area contributed by atoms with E-state index in [4.69, 9.17) is 4.74 Å². The van der Waals surface area contributed by atoms with Gasteiger partial charge in [0.2, 0.25) is 0 Å². The van der Waals surface area contributed by atoms with Gasteiger partial charge < -0.3 is 15.0 Å². The van der Waals surface area contributed by atoms with Gasteiger partial charge in [-0.05, 0) is 5.56 Å². The fourth-order valence-electron chi connectivity index (χ4n) is 2.69. The number of amides is 2. The summed E-state index contributed by atoms with van der Waals surface area (Å²) in [4.78, 5) is 23.0. The summed E-state index contributed by atoms with van der Waals surface area (Å²) in [5, 5.41) is 2.87. The minimum Gasteiger partial charge on any atom is -0.370 e. The Balaban J connectivity index is 1.63. The van der Waals surface area contributed by atoms with E-state index in [0.29, 0.717) is 25.4 Å². The van der Waals surface area contributed by atoms with Crippen molar-refractivity contribution in [2.24, 2.45) is 0 Å². The van der Waals surface area contributed by atoms with E-state index in [-0.39, 0.29) is 17.6 Å². The van der Waals surface area contributed by atoms with Crippen LogP contribution >= 0.6 is 0 Å². The predicted octanol–water partition coefficient (Wildman–Crippen LogP) is 3.38. The monoisotopic (exact) mass is 340 g/mol. The summed E-state index contributed by atoms with van der Waals surface area (Å²) in [6.45, 7) is 7.77. The maximum atomic E-state index is 12.5. The van der Waals surface area contributed by atoms with Crippen LogP contribution in [-0.4, -0.2) is 40.6 Å². The molecule has 25 heavy (non-hydrogen) atoms. The van der Waals surface area contributed by atoms with Crippen LogP contribution in [0.4, 0.5) is 10.5 Å². The molecule has 0 spiro atoms. The molecule has 0 radical (unpaired) electrons. The summed E-state index contributed by atoms with van der Waals surface area (Å²) in [6, 6.07) is 9.81. The first kappa shape index (κ1) is 17.4. The number of nitrogens with one attached hydrogen (secondary N) is 1. The van der Waals surface area contributed by atoms with Crippen molar-refractivity contribution in [3.63, 3.8) is 0 Å². The first-order valence-electron chi connectivity index (χ1n) is 8.48. The average molecular weight is 340 g/mol.